The molecule has 1 unspecified atom stereocenters. The first-order valence-electron chi connectivity index (χ1n) is 8.28. The van der Waals surface area contributed by atoms with Gasteiger partial charge >= 0.3 is 5.97 Å². The fourth-order valence-electron chi connectivity index (χ4n) is 2.92. The van der Waals surface area contributed by atoms with Crippen molar-refractivity contribution in [1.29, 1.82) is 0 Å². The number of esters is 1. The summed E-state index contributed by atoms with van der Waals surface area (Å²) in [5.41, 5.74) is 1.79. The number of hydrogen-bond donors (Lipinski definition) is 1. The molecule has 1 aliphatic rings. The van der Waals surface area contributed by atoms with Crippen molar-refractivity contribution in [3.05, 3.63) is 59.2 Å². The van der Waals surface area contributed by atoms with Crippen LogP contribution < -0.4 is 10.1 Å². The summed E-state index contributed by atoms with van der Waals surface area (Å²) in [4.78, 5) is 25.0. The van der Waals surface area contributed by atoms with Crippen LogP contribution in [0.2, 0.25) is 0 Å². The number of hydrogen-bond acceptors (Lipinski definition) is 4. The molecule has 2 aromatic rings. The predicted molar refractivity (Wildman–Crippen MR) is 94.9 cm³/mol. The van der Waals surface area contributed by atoms with Crippen molar-refractivity contribution in [2.45, 2.75) is 32.8 Å². The monoisotopic (exact) mass is 339 g/mol. The van der Waals surface area contributed by atoms with Gasteiger partial charge in [-0.15, -0.1) is 0 Å². The molecule has 0 fully saturated rings. The second-order valence-electron chi connectivity index (χ2n) is 6.37. The summed E-state index contributed by atoms with van der Waals surface area (Å²) in [5, 5.41) is 2.82. The number of ether oxygens (including phenoxy) is 2. The fraction of sp³-hybridized carbons (Fsp3) is 0.300. The second-order valence-corrected chi connectivity index (χ2v) is 6.37. The molecule has 0 saturated heterocycles. The van der Waals surface area contributed by atoms with E-state index in [0.29, 0.717) is 24.3 Å². The zero-order chi connectivity index (χ0) is 18.0. The third-order valence-corrected chi connectivity index (χ3v) is 4.23. The van der Waals surface area contributed by atoms with E-state index >= 15 is 0 Å². The maximum atomic E-state index is 12.7. The van der Waals surface area contributed by atoms with Gasteiger partial charge in [0.25, 0.3) is 5.91 Å². The highest BCUT2D eigenvalue weighted by molar-refractivity contribution is 6.02. The van der Waals surface area contributed by atoms with E-state index < -0.39 is 11.6 Å². The van der Waals surface area contributed by atoms with Gasteiger partial charge in [0.1, 0.15) is 5.75 Å². The van der Waals surface area contributed by atoms with Crippen LogP contribution in [0.5, 0.6) is 5.75 Å². The maximum absolute atomic E-state index is 12.7. The van der Waals surface area contributed by atoms with Crippen LogP contribution in [-0.4, -0.2) is 24.1 Å². The van der Waals surface area contributed by atoms with Crippen LogP contribution in [0.25, 0.3) is 0 Å². The Kier molecular flexibility index (Phi) is 4.49. The van der Waals surface area contributed by atoms with Gasteiger partial charge in [-0.05, 0) is 56.7 Å². The molecule has 1 amide bonds. The van der Waals surface area contributed by atoms with E-state index in [1.165, 1.54) is 0 Å². The van der Waals surface area contributed by atoms with Gasteiger partial charge in [-0.2, -0.15) is 0 Å². The number of carbonyl (C=O) groups excluding carboxylic acids is 2. The van der Waals surface area contributed by atoms with Crippen LogP contribution >= 0.6 is 0 Å². The molecule has 0 bridgehead atoms. The van der Waals surface area contributed by atoms with Gasteiger partial charge in [-0.1, -0.05) is 17.7 Å². The normalized spacial score (nSPS) is 18.9. The van der Waals surface area contributed by atoms with Gasteiger partial charge in [0.05, 0.1) is 12.2 Å². The third-order valence-electron chi connectivity index (χ3n) is 4.23. The van der Waals surface area contributed by atoms with Gasteiger partial charge in [-0.25, -0.2) is 4.79 Å². The minimum atomic E-state index is -1.24. The number of nitrogens with one attached hydrogen (secondary N) is 1. The number of benzene rings is 2. The van der Waals surface area contributed by atoms with Crippen LogP contribution in [0.3, 0.4) is 0 Å². The van der Waals surface area contributed by atoms with Crippen molar-refractivity contribution in [3.63, 3.8) is 0 Å². The standard InChI is InChI=1S/C20H21NO4/c1-4-24-16-8-6-15(7-9-16)21-19(23)20(3)12-14-11-13(2)5-10-17(14)18(22)25-20/h5-11H,4,12H2,1-3H3,(H,21,23). The lowest BCUT2D eigenvalue weighted by Gasteiger charge is -2.33. The van der Waals surface area contributed by atoms with Gasteiger partial charge in [0.2, 0.25) is 0 Å². The molecule has 1 heterocycles. The lowest BCUT2D eigenvalue weighted by molar-refractivity contribution is -0.134. The number of carbonyl (C=O) groups is 2. The van der Waals surface area contributed by atoms with Crippen LogP contribution in [0.1, 0.15) is 35.3 Å². The Morgan fingerprint density at radius 2 is 1.96 bits per heavy atom. The molecule has 5 heteroatoms. The number of anilines is 1. The highest BCUT2D eigenvalue weighted by Gasteiger charge is 2.42. The summed E-state index contributed by atoms with van der Waals surface area (Å²) in [6, 6.07) is 12.6. The molecule has 0 aliphatic carbocycles. The van der Waals surface area contributed by atoms with E-state index in [9.17, 15) is 9.59 Å². The Morgan fingerprint density at radius 3 is 2.64 bits per heavy atom. The molecule has 25 heavy (non-hydrogen) atoms. The largest absolute Gasteiger partial charge is 0.494 e. The minimum absolute atomic E-state index is 0.346. The van der Waals surface area contributed by atoms with Crippen molar-refractivity contribution in [3.8, 4) is 5.75 Å². The van der Waals surface area contributed by atoms with Crippen molar-refractivity contribution in [2.24, 2.45) is 0 Å². The lowest BCUT2D eigenvalue weighted by atomic mass is 9.88. The van der Waals surface area contributed by atoms with E-state index in [1.807, 2.05) is 26.0 Å². The summed E-state index contributed by atoms with van der Waals surface area (Å²) < 4.78 is 10.8. The topological polar surface area (TPSA) is 64.6 Å². The molecule has 0 spiro atoms. The second kappa shape index (κ2) is 6.59. The maximum Gasteiger partial charge on any atom is 0.339 e. The zero-order valence-electron chi connectivity index (χ0n) is 14.6. The molecule has 1 atom stereocenters. The SMILES string of the molecule is CCOc1ccc(NC(=O)C2(C)Cc3cc(C)ccc3C(=O)O2)cc1. The Balaban J connectivity index is 1.78. The molecule has 130 valence electrons. The van der Waals surface area contributed by atoms with Gasteiger partial charge in [0, 0.05) is 12.1 Å². The average Bonchev–Trinajstić information content (AvgIpc) is 2.56. The van der Waals surface area contributed by atoms with E-state index in [-0.39, 0.29) is 5.91 Å². The highest BCUT2D eigenvalue weighted by atomic mass is 16.6. The zero-order valence-corrected chi connectivity index (χ0v) is 14.6. The Hall–Kier alpha value is -2.82. The Labute approximate surface area is 147 Å². The molecule has 5 nitrogen and oxygen atoms in total. The van der Waals surface area contributed by atoms with E-state index in [1.54, 1.807) is 37.3 Å². The van der Waals surface area contributed by atoms with Gasteiger partial charge in [0.15, 0.2) is 5.60 Å². The molecule has 0 radical (unpaired) electrons. The van der Waals surface area contributed by atoms with Crippen molar-refractivity contribution in [2.75, 3.05) is 11.9 Å². The predicted octanol–water partition coefficient (Wildman–Crippen LogP) is 3.50. The lowest BCUT2D eigenvalue weighted by Crippen LogP contribution is -2.48. The van der Waals surface area contributed by atoms with E-state index in [0.717, 1.165) is 16.9 Å². The first kappa shape index (κ1) is 17.0. The molecule has 1 N–H and O–H groups in total. The average molecular weight is 339 g/mol. The van der Waals surface area contributed by atoms with Crippen molar-refractivity contribution >= 4 is 17.6 Å². The number of aryl methyl sites for hydroxylation is 1. The number of fused-ring (bicyclic) bond motifs is 1. The van der Waals surface area contributed by atoms with Gasteiger partial charge in [-0.3, -0.25) is 4.79 Å². The van der Waals surface area contributed by atoms with Crippen molar-refractivity contribution < 1.29 is 19.1 Å². The number of amides is 1. The minimum Gasteiger partial charge on any atom is -0.494 e. The van der Waals surface area contributed by atoms with Gasteiger partial charge < -0.3 is 14.8 Å². The highest BCUT2D eigenvalue weighted by Crippen LogP contribution is 2.30. The fourth-order valence-corrected chi connectivity index (χ4v) is 2.92. The van der Waals surface area contributed by atoms with Crippen LogP contribution in [0, 0.1) is 6.92 Å². The molecular formula is C20H21NO4. The molecular weight excluding hydrogens is 318 g/mol. The molecule has 2 aromatic carbocycles. The summed E-state index contributed by atoms with van der Waals surface area (Å²) in [6.45, 7) is 6.09. The first-order chi connectivity index (χ1) is 11.9. The first-order valence-corrected chi connectivity index (χ1v) is 8.28. The Bertz CT molecular complexity index is 813. The Morgan fingerprint density at radius 1 is 1.24 bits per heavy atom. The summed E-state index contributed by atoms with van der Waals surface area (Å²) in [6.07, 6.45) is 0.346. The number of cyclic esters (lactones) is 1. The molecule has 3 rings (SSSR count). The summed E-state index contributed by atoms with van der Waals surface area (Å²) in [5.74, 6) is -0.0806. The van der Waals surface area contributed by atoms with E-state index in [4.69, 9.17) is 9.47 Å². The molecule has 1 aliphatic heterocycles. The van der Waals surface area contributed by atoms with Crippen molar-refractivity contribution in [1.82, 2.24) is 0 Å². The van der Waals surface area contributed by atoms with E-state index in [2.05, 4.69) is 5.32 Å². The number of rotatable bonds is 4. The third kappa shape index (κ3) is 3.50. The smallest absolute Gasteiger partial charge is 0.339 e. The quantitative estimate of drug-likeness (QED) is 0.866. The summed E-state index contributed by atoms with van der Waals surface area (Å²) >= 11 is 0. The summed E-state index contributed by atoms with van der Waals surface area (Å²) in [7, 11) is 0. The molecule has 0 saturated carbocycles. The van der Waals surface area contributed by atoms with Crippen LogP contribution in [-0.2, 0) is 16.0 Å². The van der Waals surface area contributed by atoms with Crippen LogP contribution in [0.4, 0.5) is 5.69 Å². The van der Waals surface area contributed by atoms with Crippen LogP contribution in [0.15, 0.2) is 42.5 Å². The molecule has 0 aromatic heterocycles.